The minimum Gasteiger partial charge on any atom is -0.493 e. The molecule has 108 valence electrons. The van der Waals surface area contributed by atoms with Crippen LogP contribution in [-0.2, 0) is 11.2 Å². The Labute approximate surface area is 119 Å². The van der Waals surface area contributed by atoms with Gasteiger partial charge in [-0.15, -0.1) is 0 Å². The minimum absolute atomic E-state index is 0.194. The smallest absolute Gasteiger partial charge is 0.227 e. The Morgan fingerprint density at radius 3 is 2.60 bits per heavy atom. The standard InChI is InChI=1S/C16H21NO3/c1-10-5-4-6-17-15(18)8-11-7-13(19-2)14(20-3)9-12(11)16(10)17/h7,9-10,16H,4-6,8H2,1-3H3/t10-,16-/m0/s1. The van der Waals surface area contributed by atoms with Gasteiger partial charge in [-0.3, -0.25) is 4.79 Å². The molecule has 1 aromatic rings. The molecule has 0 N–H and O–H groups in total. The van der Waals surface area contributed by atoms with Crippen LogP contribution in [0.3, 0.4) is 0 Å². The van der Waals surface area contributed by atoms with Gasteiger partial charge in [0, 0.05) is 6.54 Å². The number of carbonyl (C=O) groups is 1. The van der Waals surface area contributed by atoms with E-state index >= 15 is 0 Å². The monoisotopic (exact) mass is 275 g/mol. The van der Waals surface area contributed by atoms with E-state index in [9.17, 15) is 4.79 Å². The molecule has 2 heterocycles. The van der Waals surface area contributed by atoms with Crippen molar-refractivity contribution in [2.75, 3.05) is 20.8 Å². The van der Waals surface area contributed by atoms with Crippen LogP contribution in [-0.4, -0.2) is 31.6 Å². The molecule has 0 radical (unpaired) electrons. The Balaban J connectivity index is 2.11. The predicted molar refractivity (Wildman–Crippen MR) is 76.1 cm³/mol. The van der Waals surface area contributed by atoms with Gasteiger partial charge in [-0.2, -0.15) is 0 Å². The second kappa shape index (κ2) is 5.00. The van der Waals surface area contributed by atoms with E-state index in [1.54, 1.807) is 14.2 Å². The fraction of sp³-hybridized carbons (Fsp3) is 0.562. The zero-order chi connectivity index (χ0) is 14.3. The van der Waals surface area contributed by atoms with E-state index in [0.717, 1.165) is 24.3 Å². The van der Waals surface area contributed by atoms with Gasteiger partial charge in [-0.25, -0.2) is 0 Å². The number of nitrogens with zero attached hydrogens (tertiary/aromatic N) is 1. The summed E-state index contributed by atoms with van der Waals surface area (Å²) in [5.41, 5.74) is 2.32. The molecule has 2 atom stereocenters. The van der Waals surface area contributed by atoms with E-state index in [-0.39, 0.29) is 11.9 Å². The van der Waals surface area contributed by atoms with E-state index in [2.05, 4.69) is 13.0 Å². The van der Waals surface area contributed by atoms with E-state index in [0.29, 0.717) is 18.1 Å². The number of hydrogen-bond acceptors (Lipinski definition) is 3. The summed E-state index contributed by atoms with van der Waals surface area (Å²) in [6.07, 6.45) is 2.74. The summed E-state index contributed by atoms with van der Waals surface area (Å²) >= 11 is 0. The summed E-state index contributed by atoms with van der Waals surface area (Å²) in [5.74, 6) is 2.18. The van der Waals surface area contributed by atoms with Gasteiger partial charge >= 0.3 is 0 Å². The second-order valence-corrected chi connectivity index (χ2v) is 5.73. The number of amides is 1. The molecule has 0 saturated carbocycles. The molecular formula is C16H21NO3. The first-order chi connectivity index (χ1) is 9.65. The van der Waals surface area contributed by atoms with E-state index in [1.165, 1.54) is 12.0 Å². The molecule has 1 fully saturated rings. The summed E-state index contributed by atoms with van der Waals surface area (Å²) in [7, 11) is 3.28. The van der Waals surface area contributed by atoms with Crippen LogP contribution in [0, 0.1) is 5.92 Å². The number of benzene rings is 1. The fourth-order valence-electron chi connectivity index (χ4n) is 3.57. The van der Waals surface area contributed by atoms with Crippen LogP contribution >= 0.6 is 0 Å². The highest BCUT2D eigenvalue weighted by molar-refractivity contribution is 5.82. The number of methoxy groups -OCH3 is 2. The van der Waals surface area contributed by atoms with Crippen molar-refractivity contribution in [2.24, 2.45) is 5.92 Å². The molecule has 0 bridgehead atoms. The Kier molecular flexibility index (Phi) is 3.32. The third-order valence-corrected chi connectivity index (χ3v) is 4.56. The number of ether oxygens (including phenoxy) is 2. The van der Waals surface area contributed by atoms with Crippen LogP contribution in [0.25, 0.3) is 0 Å². The first-order valence-electron chi connectivity index (χ1n) is 7.20. The molecular weight excluding hydrogens is 254 g/mol. The Morgan fingerprint density at radius 2 is 1.90 bits per heavy atom. The highest BCUT2D eigenvalue weighted by Crippen LogP contribution is 2.44. The summed E-state index contributed by atoms with van der Waals surface area (Å²) in [6, 6.07) is 4.21. The molecule has 2 aliphatic rings. The summed E-state index contributed by atoms with van der Waals surface area (Å²) in [5, 5.41) is 0. The molecule has 0 aliphatic carbocycles. The average Bonchev–Trinajstić information content (AvgIpc) is 2.46. The normalized spacial score (nSPS) is 24.9. The molecule has 20 heavy (non-hydrogen) atoms. The molecule has 0 aromatic heterocycles. The first-order valence-corrected chi connectivity index (χ1v) is 7.20. The molecule has 4 heteroatoms. The van der Waals surface area contributed by atoms with Crippen LogP contribution < -0.4 is 9.47 Å². The van der Waals surface area contributed by atoms with Crippen LogP contribution in [0.1, 0.15) is 36.9 Å². The van der Waals surface area contributed by atoms with Gasteiger partial charge in [0.25, 0.3) is 0 Å². The van der Waals surface area contributed by atoms with Gasteiger partial charge in [0.05, 0.1) is 26.7 Å². The zero-order valence-corrected chi connectivity index (χ0v) is 12.3. The highest BCUT2D eigenvalue weighted by Gasteiger charge is 2.38. The van der Waals surface area contributed by atoms with Gasteiger partial charge < -0.3 is 14.4 Å². The fourth-order valence-corrected chi connectivity index (χ4v) is 3.57. The largest absolute Gasteiger partial charge is 0.493 e. The molecule has 1 aromatic carbocycles. The quantitative estimate of drug-likeness (QED) is 0.832. The van der Waals surface area contributed by atoms with Crippen molar-refractivity contribution < 1.29 is 14.3 Å². The number of piperidine rings is 1. The Bertz CT molecular complexity index is 541. The summed E-state index contributed by atoms with van der Waals surface area (Å²) < 4.78 is 10.8. The number of fused-ring (bicyclic) bond motifs is 3. The van der Waals surface area contributed by atoms with Crippen molar-refractivity contribution in [3.05, 3.63) is 23.3 Å². The lowest BCUT2D eigenvalue weighted by molar-refractivity contribution is -0.137. The third kappa shape index (κ3) is 1.94. The zero-order valence-electron chi connectivity index (χ0n) is 12.3. The van der Waals surface area contributed by atoms with Crippen molar-refractivity contribution in [1.82, 2.24) is 4.90 Å². The molecule has 0 unspecified atom stereocenters. The van der Waals surface area contributed by atoms with Crippen LogP contribution in [0.15, 0.2) is 12.1 Å². The predicted octanol–water partition coefficient (Wildman–Crippen LogP) is 2.56. The topological polar surface area (TPSA) is 38.8 Å². The Hall–Kier alpha value is -1.71. The number of hydrogen-bond donors (Lipinski definition) is 0. The van der Waals surface area contributed by atoms with Crippen molar-refractivity contribution in [3.8, 4) is 11.5 Å². The summed E-state index contributed by atoms with van der Waals surface area (Å²) in [4.78, 5) is 14.4. The second-order valence-electron chi connectivity index (χ2n) is 5.73. The lowest BCUT2D eigenvalue weighted by atomic mass is 9.80. The van der Waals surface area contributed by atoms with Crippen molar-refractivity contribution in [2.45, 2.75) is 32.2 Å². The average molecular weight is 275 g/mol. The SMILES string of the molecule is COc1cc2c(cc1OC)[C@@H]1[C@@H](C)CCCN1C(=O)C2. The van der Waals surface area contributed by atoms with Crippen molar-refractivity contribution in [1.29, 1.82) is 0 Å². The maximum Gasteiger partial charge on any atom is 0.227 e. The minimum atomic E-state index is 0.194. The molecule has 1 amide bonds. The maximum absolute atomic E-state index is 12.3. The lowest BCUT2D eigenvalue weighted by Gasteiger charge is -2.44. The van der Waals surface area contributed by atoms with Gasteiger partial charge in [0.1, 0.15) is 0 Å². The first kappa shape index (κ1) is 13.3. The van der Waals surface area contributed by atoms with Crippen LogP contribution in [0.4, 0.5) is 0 Å². The van der Waals surface area contributed by atoms with E-state index < -0.39 is 0 Å². The van der Waals surface area contributed by atoms with Crippen LogP contribution in [0.2, 0.25) is 0 Å². The highest BCUT2D eigenvalue weighted by atomic mass is 16.5. The van der Waals surface area contributed by atoms with Gasteiger partial charge in [-0.05, 0) is 42.0 Å². The van der Waals surface area contributed by atoms with Crippen molar-refractivity contribution in [3.63, 3.8) is 0 Å². The van der Waals surface area contributed by atoms with Gasteiger partial charge in [0.15, 0.2) is 11.5 Å². The number of rotatable bonds is 2. The Morgan fingerprint density at radius 1 is 1.20 bits per heavy atom. The molecule has 4 nitrogen and oxygen atoms in total. The lowest BCUT2D eigenvalue weighted by Crippen LogP contribution is -2.46. The van der Waals surface area contributed by atoms with Gasteiger partial charge in [0.2, 0.25) is 5.91 Å². The van der Waals surface area contributed by atoms with E-state index in [1.807, 2.05) is 11.0 Å². The molecule has 2 aliphatic heterocycles. The number of carbonyl (C=O) groups excluding carboxylic acids is 1. The molecule has 1 saturated heterocycles. The van der Waals surface area contributed by atoms with Crippen molar-refractivity contribution >= 4 is 5.91 Å². The third-order valence-electron chi connectivity index (χ3n) is 4.56. The maximum atomic E-state index is 12.3. The molecule has 0 spiro atoms. The van der Waals surface area contributed by atoms with Crippen LogP contribution in [0.5, 0.6) is 11.5 Å². The molecule has 3 rings (SSSR count). The summed E-state index contributed by atoms with van der Waals surface area (Å²) in [6.45, 7) is 3.11. The van der Waals surface area contributed by atoms with E-state index in [4.69, 9.17) is 9.47 Å². The van der Waals surface area contributed by atoms with Gasteiger partial charge in [-0.1, -0.05) is 6.92 Å².